The molecule has 0 spiro atoms. The van der Waals surface area contributed by atoms with Crippen LogP contribution in [0.2, 0.25) is 0 Å². The summed E-state index contributed by atoms with van der Waals surface area (Å²) in [6.07, 6.45) is 2.02. The number of rotatable bonds is 5. The van der Waals surface area contributed by atoms with Crippen molar-refractivity contribution in [3.05, 3.63) is 23.9 Å². The molecule has 1 rings (SSSR count). The maximum Gasteiger partial charge on any atom is 0.331 e. The second kappa shape index (κ2) is 5.75. The van der Waals surface area contributed by atoms with Crippen LogP contribution in [0.1, 0.15) is 26.7 Å². The molecule has 0 aliphatic carbocycles. The predicted octanol–water partition coefficient (Wildman–Crippen LogP) is 2.50. The van der Waals surface area contributed by atoms with Gasteiger partial charge in [-0.3, -0.25) is 0 Å². The summed E-state index contributed by atoms with van der Waals surface area (Å²) in [4.78, 5) is 15.3. The molecule has 1 unspecified atom stereocenters. The molecular weight excluding hydrogens is 242 g/mol. The molecule has 18 heavy (non-hydrogen) atoms. The van der Waals surface area contributed by atoms with Crippen molar-refractivity contribution in [3.8, 4) is 0 Å². The van der Waals surface area contributed by atoms with Crippen LogP contribution in [0.25, 0.3) is 0 Å². The molecule has 1 atom stereocenters. The number of nitrogens with one attached hydrogen (secondary N) is 1. The van der Waals surface area contributed by atoms with Gasteiger partial charge in [0, 0.05) is 6.07 Å². The van der Waals surface area contributed by atoms with Crippen LogP contribution in [-0.2, 0) is 9.53 Å². The van der Waals surface area contributed by atoms with Crippen LogP contribution in [0.4, 0.5) is 14.6 Å². The van der Waals surface area contributed by atoms with Crippen LogP contribution in [0.3, 0.4) is 0 Å². The Morgan fingerprint density at radius 2 is 2.22 bits per heavy atom. The Kier molecular flexibility index (Phi) is 4.58. The number of hydrogen-bond acceptors (Lipinski definition) is 4. The van der Waals surface area contributed by atoms with Gasteiger partial charge in [0.25, 0.3) is 0 Å². The quantitative estimate of drug-likeness (QED) is 0.824. The number of aromatic nitrogens is 1. The Bertz CT molecular complexity index is 440. The topological polar surface area (TPSA) is 51.2 Å². The zero-order valence-corrected chi connectivity index (χ0v) is 10.6. The SMILES string of the molecule is CCCC(C)(Nc1ncc(F)cc1F)C(=O)OC. The van der Waals surface area contributed by atoms with E-state index in [2.05, 4.69) is 15.0 Å². The van der Waals surface area contributed by atoms with Gasteiger partial charge in [-0.2, -0.15) is 0 Å². The third-order valence-electron chi connectivity index (χ3n) is 2.59. The number of halogens is 2. The lowest BCUT2D eigenvalue weighted by atomic mass is 9.96. The van der Waals surface area contributed by atoms with E-state index in [-0.39, 0.29) is 5.82 Å². The fourth-order valence-electron chi connectivity index (χ4n) is 1.71. The molecule has 0 saturated carbocycles. The summed E-state index contributed by atoms with van der Waals surface area (Å²) in [7, 11) is 1.26. The van der Waals surface area contributed by atoms with Crippen molar-refractivity contribution in [2.45, 2.75) is 32.2 Å². The van der Waals surface area contributed by atoms with Crippen LogP contribution in [-0.4, -0.2) is 23.6 Å². The first kappa shape index (κ1) is 14.3. The van der Waals surface area contributed by atoms with E-state index >= 15 is 0 Å². The largest absolute Gasteiger partial charge is 0.467 e. The van der Waals surface area contributed by atoms with E-state index in [0.717, 1.165) is 6.20 Å². The average Bonchev–Trinajstić information content (AvgIpc) is 2.32. The highest BCUT2D eigenvalue weighted by atomic mass is 19.1. The van der Waals surface area contributed by atoms with Gasteiger partial charge in [-0.15, -0.1) is 0 Å². The fraction of sp³-hybridized carbons (Fsp3) is 0.500. The summed E-state index contributed by atoms with van der Waals surface area (Å²) < 4.78 is 30.9. The van der Waals surface area contributed by atoms with Crippen LogP contribution >= 0.6 is 0 Å². The van der Waals surface area contributed by atoms with Crippen molar-refractivity contribution in [2.24, 2.45) is 0 Å². The number of anilines is 1. The van der Waals surface area contributed by atoms with Gasteiger partial charge in [0.1, 0.15) is 11.4 Å². The highest BCUT2D eigenvalue weighted by Crippen LogP contribution is 2.22. The Hall–Kier alpha value is -1.72. The fourth-order valence-corrected chi connectivity index (χ4v) is 1.71. The first-order chi connectivity index (χ1) is 8.42. The molecular formula is C12H16F2N2O2. The first-order valence-corrected chi connectivity index (χ1v) is 5.60. The number of esters is 1. The molecule has 100 valence electrons. The zero-order chi connectivity index (χ0) is 13.8. The van der Waals surface area contributed by atoms with Crippen molar-refractivity contribution in [3.63, 3.8) is 0 Å². The monoisotopic (exact) mass is 258 g/mol. The summed E-state index contributed by atoms with van der Waals surface area (Å²) >= 11 is 0. The minimum atomic E-state index is -1.09. The number of carbonyl (C=O) groups excluding carboxylic acids is 1. The first-order valence-electron chi connectivity index (χ1n) is 5.60. The van der Waals surface area contributed by atoms with Crippen LogP contribution < -0.4 is 5.32 Å². The number of pyridine rings is 1. The normalized spacial score (nSPS) is 13.8. The third kappa shape index (κ3) is 3.15. The molecule has 0 aliphatic heterocycles. The summed E-state index contributed by atoms with van der Waals surface area (Å²) in [5.74, 6) is -2.30. The van der Waals surface area contributed by atoms with Crippen molar-refractivity contribution in [2.75, 3.05) is 12.4 Å². The second-order valence-corrected chi connectivity index (χ2v) is 4.18. The van der Waals surface area contributed by atoms with E-state index in [4.69, 9.17) is 0 Å². The highest BCUT2D eigenvalue weighted by molar-refractivity contribution is 5.83. The van der Waals surface area contributed by atoms with Crippen LogP contribution in [0, 0.1) is 11.6 Å². The molecule has 1 heterocycles. The zero-order valence-electron chi connectivity index (χ0n) is 10.6. The lowest BCUT2D eigenvalue weighted by molar-refractivity contribution is -0.145. The van der Waals surface area contributed by atoms with Gasteiger partial charge >= 0.3 is 5.97 Å². The molecule has 0 saturated heterocycles. The second-order valence-electron chi connectivity index (χ2n) is 4.18. The van der Waals surface area contributed by atoms with Gasteiger partial charge in [-0.25, -0.2) is 18.6 Å². The van der Waals surface area contributed by atoms with Crippen molar-refractivity contribution < 1.29 is 18.3 Å². The van der Waals surface area contributed by atoms with E-state index in [1.165, 1.54) is 7.11 Å². The molecule has 0 amide bonds. The molecule has 6 heteroatoms. The van der Waals surface area contributed by atoms with Gasteiger partial charge < -0.3 is 10.1 Å². The third-order valence-corrected chi connectivity index (χ3v) is 2.59. The van der Waals surface area contributed by atoms with Gasteiger partial charge in [-0.1, -0.05) is 13.3 Å². The number of ether oxygens (including phenoxy) is 1. The lowest BCUT2D eigenvalue weighted by Crippen LogP contribution is -2.44. The Labute approximate surface area is 104 Å². The lowest BCUT2D eigenvalue weighted by Gasteiger charge is -2.28. The van der Waals surface area contributed by atoms with Crippen molar-refractivity contribution >= 4 is 11.8 Å². The molecule has 1 aromatic heterocycles. The average molecular weight is 258 g/mol. The summed E-state index contributed by atoms with van der Waals surface area (Å²) in [6, 6.07) is 0.707. The highest BCUT2D eigenvalue weighted by Gasteiger charge is 2.34. The van der Waals surface area contributed by atoms with Crippen molar-refractivity contribution in [1.82, 2.24) is 4.98 Å². The smallest absolute Gasteiger partial charge is 0.331 e. The molecule has 1 N–H and O–H groups in total. The van der Waals surface area contributed by atoms with E-state index in [1.54, 1.807) is 6.92 Å². The number of carbonyl (C=O) groups is 1. The van der Waals surface area contributed by atoms with Gasteiger partial charge in [0.05, 0.1) is 13.3 Å². The number of nitrogens with zero attached hydrogens (tertiary/aromatic N) is 1. The molecule has 0 bridgehead atoms. The maximum absolute atomic E-state index is 13.5. The van der Waals surface area contributed by atoms with Crippen LogP contribution in [0.5, 0.6) is 0 Å². The minimum absolute atomic E-state index is 0.169. The molecule has 4 nitrogen and oxygen atoms in total. The van der Waals surface area contributed by atoms with Crippen LogP contribution in [0.15, 0.2) is 12.3 Å². The van der Waals surface area contributed by atoms with Gasteiger partial charge in [0.15, 0.2) is 11.6 Å². The summed E-state index contributed by atoms with van der Waals surface area (Å²) in [5.41, 5.74) is -1.09. The Balaban J connectivity index is 2.99. The van der Waals surface area contributed by atoms with Gasteiger partial charge in [0.2, 0.25) is 0 Å². The number of hydrogen-bond donors (Lipinski definition) is 1. The van der Waals surface area contributed by atoms with Crippen molar-refractivity contribution in [1.29, 1.82) is 0 Å². The van der Waals surface area contributed by atoms with E-state index in [0.29, 0.717) is 18.9 Å². The van der Waals surface area contributed by atoms with E-state index in [1.807, 2.05) is 6.92 Å². The Morgan fingerprint density at radius 3 is 2.72 bits per heavy atom. The summed E-state index contributed by atoms with van der Waals surface area (Å²) in [6.45, 7) is 3.48. The standard InChI is InChI=1S/C12H16F2N2O2/c1-4-5-12(2,11(17)18-3)16-10-9(14)6-8(13)7-15-10/h6-7H,4-5H2,1-3H3,(H,15,16). The van der Waals surface area contributed by atoms with E-state index in [9.17, 15) is 13.6 Å². The summed E-state index contributed by atoms with van der Waals surface area (Å²) in [5, 5.41) is 2.68. The molecule has 0 aromatic carbocycles. The van der Waals surface area contributed by atoms with Gasteiger partial charge in [-0.05, 0) is 13.3 Å². The molecule has 0 radical (unpaired) electrons. The minimum Gasteiger partial charge on any atom is -0.467 e. The molecule has 0 aliphatic rings. The Morgan fingerprint density at radius 1 is 1.56 bits per heavy atom. The molecule has 0 fully saturated rings. The predicted molar refractivity (Wildman–Crippen MR) is 63.1 cm³/mol. The number of methoxy groups -OCH3 is 1. The maximum atomic E-state index is 13.5. The van der Waals surface area contributed by atoms with E-state index < -0.39 is 23.1 Å². The molecule has 1 aromatic rings.